The number of nitrogens with zero attached hydrogens (tertiary/aromatic N) is 1. The highest BCUT2D eigenvalue weighted by atomic mass is 35.5. The molecule has 0 aliphatic rings. The van der Waals surface area contributed by atoms with Gasteiger partial charge in [-0.05, 0) is 23.8 Å². The molecule has 1 atom stereocenters. The van der Waals surface area contributed by atoms with Gasteiger partial charge < -0.3 is 4.74 Å². The van der Waals surface area contributed by atoms with Gasteiger partial charge in [0, 0.05) is 17.8 Å². The van der Waals surface area contributed by atoms with E-state index in [4.69, 9.17) is 22.2 Å². The van der Waals surface area contributed by atoms with Crippen molar-refractivity contribution < 1.29 is 9.13 Å². The summed E-state index contributed by atoms with van der Waals surface area (Å²) in [6, 6.07) is 7.45. The van der Waals surface area contributed by atoms with E-state index in [-0.39, 0.29) is 0 Å². The summed E-state index contributed by atoms with van der Waals surface area (Å²) < 4.78 is 19.0. The molecule has 0 aliphatic heterocycles. The highest BCUT2D eigenvalue weighted by Gasteiger charge is 2.17. The fourth-order valence-electron chi connectivity index (χ4n) is 1.83. The third kappa shape index (κ3) is 3.01. The number of rotatable bonds is 4. The van der Waals surface area contributed by atoms with Crippen LogP contribution in [0.4, 0.5) is 4.39 Å². The number of aromatic nitrogens is 1. The summed E-state index contributed by atoms with van der Waals surface area (Å²) in [6.07, 6.45) is 1.55. The van der Waals surface area contributed by atoms with E-state index in [2.05, 4.69) is 10.4 Å². The standard InChI is InChI=1S/C13H13ClFN3O/c1-19-9-2-3-10(11(15)7-9)13(18-16)8-4-5-17-12(14)6-8/h2-7,13,18H,16H2,1H3. The Kier molecular flexibility index (Phi) is 4.31. The molecule has 1 aromatic heterocycles. The number of hydrazine groups is 1. The smallest absolute Gasteiger partial charge is 0.132 e. The van der Waals surface area contributed by atoms with Gasteiger partial charge in [0.1, 0.15) is 16.7 Å². The van der Waals surface area contributed by atoms with E-state index in [1.165, 1.54) is 13.2 Å². The number of nitrogens with two attached hydrogens (primary N) is 1. The zero-order valence-electron chi connectivity index (χ0n) is 10.2. The summed E-state index contributed by atoms with van der Waals surface area (Å²) in [6.45, 7) is 0. The van der Waals surface area contributed by atoms with Crippen molar-refractivity contribution in [1.29, 1.82) is 0 Å². The lowest BCUT2D eigenvalue weighted by Crippen LogP contribution is -2.29. The van der Waals surface area contributed by atoms with E-state index < -0.39 is 11.9 Å². The summed E-state index contributed by atoms with van der Waals surface area (Å²) in [5, 5.41) is 0.326. The van der Waals surface area contributed by atoms with Crippen LogP contribution in [0.1, 0.15) is 17.2 Å². The molecule has 0 radical (unpaired) electrons. The van der Waals surface area contributed by atoms with Gasteiger partial charge in [0.25, 0.3) is 0 Å². The summed E-state index contributed by atoms with van der Waals surface area (Å²) >= 11 is 5.83. The Morgan fingerprint density at radius 1 is 1.37 bits per heavy atom. The van der Waals surface area contributed by atoms with Gasteiger partial charge in [-0.15, -0.1) is 0 Å². The van der Waals surface area contributed by atoms with Crippen LogP contribution in [0.25, 0.3) is 0 Å². The van der Waals surface area contributed by atoms with Gasteiger partial charge in [0.05, 0.1) is 13.2 Å². The quantitative estimate of drug-likeness (QED) is 0.513. The predicted molar refractivity (Wildman–Crippen MR) is 71.4 cm³/mol. The summed E-state index contributed by atoms with van der Waals surface area (Å²) in [5.41, 5.74) is 3.71. The second-order valence-corrected chi connectivity index (χ2v) is 4.29. The molecule has 0 saturated heterocycles. The van der Waals surface area contributed by atoms with E-state index in [1.807, 2.05) is 0 Å². The van der Waals surface area contributed by atoms with Crippen molar-refractivity contribution in [2.75, 3.05) is 7.11 Å². The van der Waals surface area contributed by atoms with Gasteiger partial charge in [0.2, 0.25) is 0 Å². The van der Waals surface area contributed by atoms with E-state index in [9.17, 15) is 4.39 Å². The van der Waals surface area contributed by atoms with Gasteiger partial charge in [-0.1, -0.05) is 17.7 Å². The van der Waals surface area contributed by atoms with Crippen LogP contribution >= 0.6 is 11.6 Å². The third-order valence-corrected chi connectivity index (χ3v) is 2.98. The number of methoxy groups -OCH3 is 1. The molecular weight excluding hydrogens is 269 g/mol. The van der Waals surface area contributed by atoms with Crippen molar-refractivity contribution in [3.63, 3.8) is 0 Å². The molecule has 0 aliphatic carbocycles. The normalized spacial score (nSPS) is 12.2. The molecule has 100 valence electrons. The number of benzene rings is 1. The topological polar surface area (TPSA) is 60.2 Å². The molecule has 1 heterocycles. The zero-order valence-corrected chi connectivity index (χ0v) is 11.0. The molecule has 2 rings (SSSR count). The number of halogens is 2. The largest absolute Gasteiger partial charge is 0.497 e. The predicted octanol–water partition coefficient (Wildman–Crippen LogP) is 2.44. The number of hydrogen-bond acceptors (Lipinski definition) is 4. The van der Waals surface area contributed by atoms with Gasteiger partial charge in [0.15, 0.2) is 0 Å². The summed E-state index contributed by atoms with van der Waals surface area (Å²) in [4.78, 5) is 3.88. The molecular formula is C13H13ClFN3O. The number of pyridine rings is 1. The molecule has 2 aromatic rings. The fourth-order valence-corrected chi connectivity index (χ4v) is 2.01. The SMILES string of the molecule is COc1ccc(C(NN)c2ccnc(Cl)c2)c(F)c1. The minimum Gasteiger partial charge on any atom is -0.497 e. The first kappa shape index (κ1) is 13.7. The molecule has 6 heteroatoms. The van der Waals surface area contributed by atoms with E-state index in [1.54, 1.807) is 30.5 Å². The second kappa shape index (κ2) is 5.97. The maximum Gasteiger partial charge on any atom is 0.132 e. The van der Waals surface area contributed by atoms with E-state index in [0.29, 0.717) is 16.5 Å². The Bertz CT molecular complexity index is 580. The minimum atomic E-state index is -0.508. The van der Waals surface area contributed by atoms with Crippen LogP contribution < -0.4 is 16.0 Å². The van der Waals surface area contributed by atoms with Crippen LogP contribution in [-0.2, 0) is 0 Å². The first-order valence-corrected chi connectivity index (χ1v) is 5.94. The molecule has 1 aromatic carbocycles. The van der Waals surface area contributed by atoms with Crippen molar-refractivity contribution in [3.8, 4) is 5.75 Å². The fraction of sp³-hybridized carbons (Fsp3) is 0.154. The van der Waals surface area contributed by atoms with E-state index >= 15 is 0 Å². The molecule has 0 saturated carbocycles. The van der Waals surface area contributed by atoms with Crippen LogP contribution in [0.3, 0.4) is 0 Å². The van der Waals surface area contributed by atoms with Gasteiger partial charge in [-0.25, -0.2) is 14.8 Å². The second-order valence-electron chi connectivity index (χ2n) is 3.90. The van der Waals surface area contributed by atoms with Crippen LogP contribution in [0, 0.1) is 5.82 Å². The first-order valence-electron chi connectivity index (χ1n) is 5.56. The lowest BCUT2D eigenvalue weighted by atomic mass is 9.99. The maximum absolute atomic E-state index is 14.0. The average Bonchev–Trinajstić information content (AvgIpc) is 2.41. The first-order chi connectivity index (χ1) is 9.15. The zero-order chi connectivity index (χ0) is 13.8. The van der Waals surface area contributed by atoms with Gasteiger partial charge in [-0.2, -0.15) is 0 Å². The molecule has 0 spiro atoms. The van der Waals surface area contributed by atoms with Crippen molar-refractivity contribution in [2.24, 2.45) is 5.84 Å². The molecule has 3 N–H and O–H groups in total. The molecule has 0 amide bonds. The van der Waals surface area contributed by atoms with Crippen LogP contribution in [0.15, 0.2) is 36.5 Å². The Morgan fingerprint density at radius 2 is 2.16 bits per heavy atom. The van der Waals surface area contributed by atoms with Crippen molar-refractivity contribution >= 4 is 11.6 Å². The Hall–Kier alpha value is -1.69. The average molecular weight is 282 g/mol. The summed E-state index contributed by atoms with van der Waals surface area (Å²) in [7, 11) is 1.48. The number of nitrogens with one attached hydrogen (secondary N) is 1. The highest BCUT2D eigenvalue weighted by molar-refractivity contribution is 6.29. The Labute approximate surface area is 115 Å². The highest BCUT2D eigenvalue weighted by Crippen LogP contribution is 2.27. The van der Waals surface area contributed by atoms with Crippen LogP contribution in [0.5, 0.6) is 5.75 Å². The number of hydrogen-bond donors (Lipinski definition) is 2. The molecule has 4 nitrogen and oxygen atoms in total. The van der Waals surface area contributed by atoms with Crippen LogP contribution in [-0.4, -0.2) is 12.1 Å². The van der Waals surface area contributed by atoms with Crippen molar-refractivity contribution in [1.82, 2.24) is 10.4 Å². The van der Waals surface area contributed by atoms with Crippen LogP contribution in [0.2, 0.25) is 5.15 Å². The lowest BCUT2D eigenvalue weighted by molar-refractivity contribution is 0.410. The summed E-state index contributed by atoms with van der Waals surface area (Å²) in [5.74, 6) is 5.56. The van der Waals surface area contributed by atoms with Crippen molar-refractivity contribution in [2.45, 2.75) is 6.04 Å². The number of ether oxygens (including phenoxy) is 1. The minimum absolute atomic E-state index is 0.326. The molecule has 0 fully saturated rings. The molecule has 1 unspecified atom stereocenters. The Morgan fingerprint density at radius 3 is 2.74 bits per heavy atom. The van der Waals surface area contributed by atoms with Crippen molar-refractivity contribution in [3.05, 3.63) is 58.6 Å². The van der Waals surface area contributed by atoms with Gasteiger partial charge >= 0.3 is 0 Å². The lowest BCUT2D eigenvalue weighted by Gasteiger charge is -2.18. The maximum atomic E-state index is 14.0. The monoisotopic (exact) mass is 281 g/mol. The molecule has 0 bridgehead atoms. The van der Waals surface area contributed by atoms with E-state index in [0.717, 1.165) is 5.56 Å². The third-order valence-electron chi connectivity index (χ3n) is 2.77. The van der Waals surface area contributed by atoms with Gasteiger partial charge in [-0.3, -0.25) is 5.84 Å². The molecule has 19 heavy (non-hydrogen) atoms. The Balaban J connectivity index is 2.42.